The fraction of sp³-hybridized carbons (Fsp3) is 0.312. The summed E-state index contributed by atoms with van der Waals surface area (Å²) in [6, 6.07) is 8.37. The highest BCUT2D eigenvalue weighted by Gasteiger charge is 2.26. The van der Waals surface area contributed by atoms with E-state index in [0.717, 1.165) is 22.6 Å². The van der Waals surface area contributed by atoms with Gasteiger partial charge in [-0.3, -0.25) is 0 Å². The van der Waals surface area contributed by atoms with Crippen molar-refractivity contribution in [3.63, 3.8) is 0 Å². The summed E-state index contributed by atoms with van der Waals surface area (Å²) in [5, 5.41) is 3.32. The van der Waals surface area contributed by atoms with Gasteiger partial charge in [-0.05, 0) is 31.9 Å². The van der Waals surface area contributed by atoms with Gasteiger partial charge in [0.2, 0.25) is 0 Å². The Hall–Kier alpha value is -2.63. The van der Waals surface area contributed by atoms with Crippen LogP contribution in [-0.4, -0.2) is 26.1 Å². The van der Waals surface area contributed by atoms with Crippen LogP contribution >= 0.6 is 0 Å². The highest BCUT2D eigenvalue weighted by Crippen LogP contribution is 2.37. The number of imidazole rings is 1. The van der Waals surface area contributed by atoms with Crippen molar-refractivity contribution in [2.45, 2.75) is 25.8 Å². The minimum atomic E-state index is 0.545. The van der Waals surface area contributed by atoms with Crippen LogP contribution in [0.3, 0.4) is 0 Å². The number of fused-ring (bicyclic) bond motifs is 1. The number of nitrogens with zero attached hydrogens (tertiary/aromatic N) is 4. The predicted octanol–water partition coefficient (Wildman–Crippen LogP) is 3.30. The lowest BCUT2D eigenvalue weighted by molar-refractivity contribution is 0.342. The lowest BCUT2D eigenvalue weighted by atomic mass is 10.3. The van der Waals surface area contributed by atoms with Crippen molar-refractivity contribution in [2.24, 2.45) is 0 Å². The molecule has 1 N–H and O–H groups in total. The number of rotatable bonds is 5. The highest BCUT2D eigenvalue weighted by molar-refractivity contribution is 5.86. The lowest BCUT2D eigenvalue weighted by Crippen LogP contribution is -2.01. The van der Waals surface area contributed by atoms with Crippen molar-refractivity contribution in [1.82, 2.24) is 19.5 Å². The molecule has 0 spiro atoms. The minimum Gasteiger partial charge on any atom is -0.492 e. The van der Waals surface area contributed by atoms with Crippen molar-refractivity contribution in [3.8, 4) is 5.75 Å². The summed E-state index contributed by atoms with van der Waals surface area (Å²) in [7, 11) is 0. The molecule has 1 aliphatic rings. The number of benzene rings is 1. The van der Waals surface area contributed by atoms with Gasteiger partial charge in [0.25, 0.3) is 0 Å². The molecule has 4 rings (SSSR count). The quantitative estimate of drug-likeness (QED) is 0.782. The summed E-state index contributed by atoms with van der Waals surface area (Å²) in [5.41, 5.74) is 2.56. The Kier molecular flexibility index (Phi) is 3.14. The zero-order chi connectivity index (χ0) is 14.9. The topological polar surface area (TPSA) is 64.9 Å². The van der Waals surface area contributed by atoms with Gasteiger partial charge < -0.3 is 14.6 Å². The molecule has 0 radical (unpaired) electrons. The van der Waals surface area contributed by atoms with Gasteiger partial charge >= 0.3 is 0 Å². The normalized spacial score (nSPS) is 14.2. The first-order valence-corrected chi connectivity index (χ1v) is 7.53. The number of nitrogens with one attached hydrogen (secondary N) is 1. The number of hydrogen-bond donors (Lipinski definition) is 1. The molecule has 0 bridgehead atoms. The van der Waals surface area contributed by atoms with Crippen LogP contribution < -0.4 is 10.1 Å². The van der Waals surface area contributed by atoms with Crippen LogP contribution in [0.25, 0.3) is 11.2 Å². The van der Waals surface area contributed by atoms with Crippen molar-refractivity contribution in [3.05, 3.63) is 36.9 Å². The monoisotopic (exact) mass is 295 g/mol. The summed E-state index contributed by atoms with van der Waals surface area (Å²) < 4.78 is 7.78. The van der Waals surface area contributed by atoms with E-state index < -0.39 is 0 Å². The highest BCUT2D eigenvalue weighted by atomic mass is 16.5. The molecule has 2 heterocycles. The fourth-order valence-corrected chi connectivity index (χ4v) is 2.54. The third-order valence-corrected chi connectivity index (χ3v) is 3.74. The first kappa shape index (κ1) is 13.1. The maximum absolute atomic E-state index is 5.64. The second kappa shape index (κ2) is 5.29. The third kappa shape index (κ3) is 2.26. The Bertz CT molecular complexity index is 809. The molecule has 6 heteroatoms. The third-order valence-electron chi connectivity index (χ3n) is 3.74. The maximum atomic E-state index is 5.64. The lowest BCUT2D eigenvalue weighted by Gasteiger charge is -2.11. The van der Waals surface area contributed by atoms with Gasteiger partial charge in [0.15, 0.2) is 17.0 Å². The first-order valence-electron chi connectivity index (χ1n) is 7.53. The first-order chi connectivity index (χ1) is 10.9. The average Bonchev–Trinajstić information content (AvgIpc) is 3.29. The molecule has 1 aliphatic carbocycles. The van der Waals surface area contributed by atoms with E-state index in [-0.39, 0.29) is 0 Å². The maximum Gasteiger partial charge on any atom is 0.165 e. The molecule has 1 aromatic carbocycles. The molecule has 0 aliphatic heterocycles. The van der Waals surface area contributed by atoms with Crippen LogP contribution in [0.5, 0.6) is 5.75 Å². The second-order valence-corrected chi connectivity index (χ2v) is 5.33. The molecular weight excluding hydrogens is 278 g/mol. The van der Waals surface area contributed by atoms with E-state index in [4.69, 9.17) is 4.74 Å². The van der Waals surface area contributed by atoms with Gasteiger partial charge in [0.05, 0.1) is 18.6 Å². The summed E-state index contributed by atoms with van der Waals surface area (Å²) in [4.78, 5) is 13.2. The molecule has 3 aromatic rings. The van der Waals surface area contributed by atoms with Crippen molar-refractivity contribution in [2.75, 3.05) is 11.9 Å². The number of anilines is 2. The molecule has 112 valence electrons. The number of aromatic nitrogens is 4. The Balaban J connectivity index is 1.73. The standard InChI is InChI=1S/C16H17N5O/c1-2-22-13-6-4-3-5-12(13)20-15-14-16(18-9-17-15)21(10-19-14)11-7-8-11/h3-6,9-11H,2,7-8H2,1H3,(H,17,18,20). The van der Waals surface area contributed by atoms with Gasteiger partial charge in [-0.15, -0.1) is 0 Å². The van der Waals surface area contributed by atoms with E-state index in [2.05, 4.69) is 24.8 Å². The van der Waals surface area contributed by atoms with Crippen molar-refractivity contribution in [1.29, 1.82) is 0 Å². The summed E-state index contributed by atoms with van der Waals surface area (Å²) in [6.07, 6.45) is 5.84. The van der Waals surface area contributed by atoms with Crippen molar-refractivity contribution >= 4 is 22.7 Å². The molecule has 22 heavy (non-hydrogen) atoms. The Morgan fingerprint density at radius 2 is 2.09 bits per heavy atom. The van der Waals surface area contributed by atoms with Crippen LogP contribution in [0.4, 0.5) is 11.5 Å². The molecule has 0 atom stereocenters. The van der Waals surface area contributed by atoms with E-state index >= 15 is 0 Å². The van der Waals surface area contributed by atoms with Crippen LogP contribution in [0.1, 0.15) is 25.8 Å². The Morgan fingerprint density at radius 1 is 1.23 bits per heavy atom. The summed E-state index contributed by atoms with van der Waals surface area (Å²) >= 11 is 0. The van der Waals surface area contributed by atoms with Crippen LogP contribution in [-0.2, 0) is 0 Å². The predicted molar refractivity (Wildman–Crippen MR) is 84.5 cm³/mol. The summed E-state index contributed by atoms with van der Waals surface area (Å²) in [5.74, 6) is 1.51. The van der Waals surface area contributed by atoms with E-state index in [9.17, 15) is 0 Å². The molecule has 0 saturated heterocycles. The molecule has 0 amide bonds. The molecule has 1 fully saturated rings. The van der Waals surface area contributed by atoms with Crippen LogP contribution in [0.15, 0.2) is 36.9 Å². The van der Waals surface area contributed by atoms with Crippen LogP contribution in [0, 0.1) is 0 Å². The SMILES string of the molecule is CCOc1ccccc1Nc1ncnc2c1ncn2C1CC1. The number of para-hydroxylation sites is 2. The molecule has 2 aromatic heterocycles. The number of hydrogen-bond acceptors (Lipinski definition) is 5. The van der Waals surface area contributed by atoms with Gasteiger partial charge in [-0.25, -0.2) is 15.0 Å². The fourth-order valence-electron chi connectivity index (χ4n) is 2.54. The zero-order valence-corrected chi connectivity index (χ0v) is 12.4. The van der Waals surface area contributed by atoms with E-state index in [1.807, 2.05) is 37.5 Å². The van der Waals surface area contributed by atoms with Gasteiger partial charge in [0.1, 0.15) is 12.1 Å². The van der Waals surface area contributed by atoms with Gasteiger partial charge in [0, 0.05) is 6.04 Å². The molecular formula is C16H17N5O. The van der Waals surface area contributed by atoms with E-state index in [0.29, 0.717) is 18.5 Å². The van der Waals surface area contributed by atoms with Crippen LogP contribution in [0.2, 0.25) is 0 Å². The van der Waals surface area contributed by atoms with Gasteiger partial charge in [-0.1, -0.05) is 12.1 Å². The average molecular weight is 295 g/mol. The smallest absolute Gasteiger partial charge is 0.165 e. The second-order valence-electron chi connectivity index (χ2n) is 5.33. The molecule has 6 nitrogen and oxygen atoms in total. The summed E-state index contributed by atoms with van der Waals surface area (Å²) in [6.45, 7) is 2.59. The number of ether oxygens (including phenoxy) is 1. The van der Waals surface area contributed by atoms with Crippen molar-refractivity contribution < 1.29 is 4.74 Å². The Labute approximate surface area is 128 Å². The largest absolute Gasteiger partial charge is 0.492 e. The van der Waals surface area contributed by atoms with Gasteiger partial charge in [-0.2, -0.15) is 0 Å². The zero-order valence-electron chi connectivity index (χ0n) is 12.4. The minimum absolute atomic E-state index is 0.545. The van der Waals surface area contributed by atoms with E-state index in [1.165, 1.54) is 12.8 Å². The molecule has 1 saturated carbocycles. The Morgan fingerprint density at radius 3 is 2.91 bits per heavy atom. The van der Waals surface area contributed by atoms with E-state index in [1.54, 1.807) is 6.33 Å². The molecule has 0 unspecified atom stereocenters.